The van der Waals surface area contributed by atoms with E-state index in [4.69, 9.17) is 0 Å². The van der Waals surface area contributed by atoms with Gasteiger partial charge >= 0.3 is 0 Å². The summed E-state index contributed by atoms with van der Waals surface area (Å²) in [4.78, 5) is 4.08. The van der Waals surface area contributed by atoms with Crippen molar-refractivity contribution < 1.29 is 46.8 Å². The monoisotopic (exact) mass is 1150 g/mol. The summed E-state index contributed by atoms with van der Waals surface area (Å²) in [6.45, 7) is 0. The normalized spacial score (nSPS) is 10.6. The number of hydrogen-bond acceptors (Lipinski definition) is 3. The summed E-state index contributed by atoms with van der Waals surface area (Å²) >= 11 is 0. The summed E-state index contributed by atoms with van der Waals surface area (Å²) in [5.41, 5.74) is 10.7. The Bertz CT molecular complexity index is 3310. The molecule has 0 aliphatic rings. The van der Waals surface area contributed by atoms with Crippen molar-refractivity contribution in [1.29, 1.82) is 0 Å². The third-order valence-electron chi connectivity index (χ3n) is 11.4. The van der Waals surface area contributed by atoms with E-state index in [0.29, 0.717) is 28.4 Å². The minimum Gasteiger partial charge on any atom is -0.358 e. The minimum atomic E-state index is -0.367. The predicted molar refractivity (Wildman–Crippen MR) is 270 cm³/mol. The molecule has 0 amide bonds. The summed E-state index contributed by atoms with van der Waals surface area (Å²) in [5, 5.41) is 10.8. The summed E-state index contributed by atoms with van der Waals surface area (Å²) in [5.74, 6) is -1.42. The van der Waals surface area contributed by atoms with Crippen LogP contribution in [0.3, 0.4) is 0 Å². The summed E-state index contributed by atoms with van der Waals surface area (Å²) < 4.78 is 63.5. The van der Waals surface area contributed by atoms with Gasteiger partial charge in [-0.25, -0.2) is 17.6 Å². The van der Waals surface area contributed by atoms with Crippen molar-refractivity contribution in [2.24, 2.45) is 0 Å². The largest absolute Gasteiger partial charge is 0.358 e. The van der Waals surface area contributed by atoms with Crippen molar-refractivity contribution >= 4 is 0 Å². The van der Waals surface area contributed by atoms with Gasteiger partial charge < -0.3 is 19.3 Å². The van der Waals surface area contributed by atoms with Crippen molar-refractivity contribution in [2.45, 2.75) is 0 Å². The van der Waals surface area contributed by atoms with Crippen molar-refractivity contribution in [3.8, 4) is 79.2 Å². The second-order valence-corrected chi connectivity index (χ2v) is 16.2. The van der Waals surface area contributed by atoms with E-state index in [1.165, 1.54) is 48.5 Å². The van der Waals surface area contributed by atoms with Gasteiger partial charge in [-0.05, 0) is 87.9 Å². The van der Waals surface area contributed by atoms with Crippen molar-refractivity contribution in [3.05, 3.63) is 285 Å². The van der Waals surface area contributed by atoms with Crippen LogP contribution in [0.15, 0.2) is 237 Å². The first-order valence-electron chi connectivity index (χ1n) is 22.9. The number of aromatic nitrogens is 8. The van der Waals surface area contributed by atoms with Gasteiger partial charge in [0, 0.05) is 37.9 Å². The van der Waals surface area contributed by atoms with E-state index in [2.05, 4.69) is 45.2 Å². The molecule has 8 nitrogen and oxygen atoms in total. The Balaban J connectivity index is 0.000000149. The van der Waals surface area contributed by atoms with Crippen LogP contribution in [0, 0.1) is 48.1 Å². The van der Waals surface area contributed by atoms with E-state index in [0.717, 1.165) is 50.7 Å². The van der Waals surface area contributed by atoms with Gasteiger partial charge in [0.2, 0.25) is 0 Å². The molecule has 0 saturated carbocycles. The number of rotatable bonds is 9. The molecule has 13 heteroatoms. The molecule has 0 aliphatic carbocycles. The topological polar surface area (TPSA) is 70.4 Å². The fraction of sp³-hybridized carbons (Fsp3) is 0. The van der Waals surface area contributed by atoms with E-state index in [9.17, 15) is 17.6 Å². The zero-order valence-corrected chi connectivity index (χ0v) is 41.3. The molecule has 12 aromatic rings. The Morgan fingerprint density at radius 1 is 0.432 bits per heavy atom. The molecule has 0 unspecified atom stereocenters. The number of halogens is 4. The third-order valence-corrected chi connectivity index (χ3v) is 11.4. The maximum Gasteiger partial charge on any atom is 0.268 e. The van der Waals surface area contributed by atoms with Crippen LogP contribution in [0.1, 0.15) is 0 Å². The molecular weight excluding hydrogens is 1110 g/mol. The van der Waals surface area contributed by atoms with Gasteiger partial charge in [0.1, 0.15) is 11.6 Å². The van der Waals surface area contributed by atoms with Crippen LogP contribution in [-0.2, 0) is 20.1 Å². The number of nitrogens with zero attached hydrogens (tertiary/aromatic N) is 8. The Morgan fingerprint density at radius 2 is 0.851 bits per heavy atom. The molecular formula is C61H39F4IrN8-3. The zero-order chi connectivity index (χ0) is 49.9. The maximum absolute atomic E-state index is 14.1. The van der Waals surface area contributed by atoms with Crippen LogP contribution in [0.25, 0.3) is 79.2 Å². The second-order valence-electron chi connectivity index (χ2n) is 16.2. The number of imidazole rings is 2. The summed E-state index contributed by atoms with van der Waals surface area (Å²) in [6.07, 6.45) is 9.90. The Morgan fingerprint density at radius 3 is 1.23 bits per heavy atom. The standard InChI is InChI=1S/2C27H17F2N2.C7H5N4.Ir/c2*28-22-13-7-15-24(17-22)30-19-31(25-16-8-14-23(29)18-25)27(21-11-5-2-6-12-21)26(30)20-9-3-1-4-10-20;1-2-4-8-6(3-1)7-5-9-11-10-7;/h2*1-15,17-18H;1-5H;/q3*-1;. The fourth-order valence-corrected chi connectivity index (χ4v) is 8.15. The Labute approximate surface area is 438 Å². The summed E-state index contributed by atoms with van der Waals surface area (Å²) in [6, 6.07) is 72.4. The molecule has 0 bridgehead atoms. The van der Waals surface area contributed by atoms with E-state index >= 15 is 0 Å². The molecule has 4 aromatic heterocycles. The van der Waals surface area contributed by atoms with Crippen molar-refractivity contribution in [2.75, 3.05) is 0 Å². The molecule has 4 heterocycles. The van der Waals surface area contributed by atoms with Crippen LogP contribution >= 0.6 is 0 Å². The van der Waals surface area contributed by atoms with E-state index in [-0.39, 0.29) is 43.4 Å². The smallest absolute Gasteiger partial charge is 0.268 e. The van der Waals surface area contributed by atoms with Gasteiger partial charge in [-0.1, -0.05) is 146 Å². The molecule has 0 N–H and O–H groups in total. The van der Waals surface area contributed by atoms with Gasteiger partial charge in [0.05, 0.1) is 39.8 Å². The Hall–Kier alpha value is -9.16. The molecule has 12 rings (SSSR count). The molecule has 0 fully saturated rings. The first-order valence-corrected chi connectivity index (χ1v) is 22.9. The van der Waals surface area contributed by atoms with Gasteiger partial charge in [-0.2, -0.15) is 24.3 Å². The average molecular weight is 1150 g/mol. The van der Waals surface area contributed by atoms with E-state index in [1.54, 1.807) is 54.9 Å². The first-order chi connectivity index (χ1) is 35.9. The molecule has 0 spiro atoms. The van der Waals surface area contributed by atoms with Crippen LogP contribution in [0.2, 0.25) is 0 Å². The van der Waals surface area contributed by atoms with Crippen LogP contribution in [0.5, 0.6) is 0 Å². The molecule has 363 valence electrons. The molecule has 0 atom stereocenters. The van der Waals surface area contributed by atoms with Gasteiger partial charge in [0.15, 0.2) is 0 Å². The number of hydrogen-bond donors (Lipinski definition) is 0. The maximum atomic E-state index is 14.1. The molecule has 0 aliphatic heterocycles. The zero-order valence-electron chi connectivity index (χ0n) is 38.9. The van der Waals surface area contributed by atoms with Gasteiger partial charge in [-0.3, -0.25) is 19.3 Å². The summed E-state index contributed by atoms with van der Waals surface area (Å²) in [7, 11) is 0. The molecule has 74 heavy (non-hydrogen) atoms. The molecule has 0 saturated heterocycles. The number of benzene rings is 8. The second kappa shape index (κ2) is 23.4. The van der Waals surface area contributed by atoms with Crippen LogP contribution < -0.4 is 14.2 Å². The molecule has 8 aromatic carbocycles. The third kappa shape index (κ3) is 11.3. The fourth-order valence-electron chi connectivity index (χ4n) is 8.15. The van der Waals surface area contributed by atoms with Crippen LogP contribution in [-0.4, -0.2) is 24.4 Å². The minimum absolute atomic E-state index is 0. The van der Waals surface area contributed by atoms with E-state index < -0.39 is 0 Å². The van der Waals surface area contributed by atoms with Gasteiger partial charge in [0.25, 0.3) is 12.7 Å². The first kappa shape index (κ1) is 49.8. The number of pyridine rings is 1. The quantitative estimate of drug-likeness (QED) is 0.0820. The van der Waals surface area contributed by atoms with Gasteiger partial charge in [-0.15, -0.1) is 24.3 Å². The van der Waals surface area contributed by atoms with Crippen molar-refractivity contribution in [1.82, 2.24) is 29.5 Å². The molecule has 1 radical (unpaired) electrons. The SMILES string of the molecule is Fc1cc[c-]c(-n2[c-][n+](-c3cccc(F)c3)c(-c3ccccc3)c2-c2ccccc2)c1.Fc1cc[c-]c(-n2[c-][n+](-c3cccc(F)c3)c(-c3ccccc3)c2-c2ccccc2)c1.[Ir].c1ccc(-c2cnn[n-]2)nc1. The Kier molecular flexibility index (Phi) is 15.7. The van der Waals surface area contributed by atoms with E-state index in [1.807, 2.05) is 152 Å². The predicted octanol–water partition coefficient (Wildman–Crippen LogP) is 12.4. The van der Waals surface area contributed by atoms with Crippen molar-refractivity contribution in [3.63, 3.8) is 0 Å². The average Bonchev–Trinajstić information content (AvgIpc) is 4.22. The van der Waals surface area contributed by atoms with Crippen LogP contribution in [0.4, 0.5) is 17.6 Å².